The van der Waals surface area contributed by atoms with Gasteiger partial charge in [0.25, 0.3) is 5.56 Å². The molecule has 1 N–H and O–H groups in total. The van der Waals surface area contributed by atoms with Gasteiger partial charge in [0.1, 0.15) is 11.7 Å². The van der Waals surface area contributed by atoms with Gasteiger partial charge in [0.15, 0.2) is 5.65 Å². The lowest BCUT2D eigenvalue weighted by Crippen LogP contribution is -2.62. The molecule has 2 fully saturated rings. The van der Waals surface area contributed by atoms with Gasteiger partial charge in [0.2, 0.25) is 5.91 Å². The maximum Gasteiger partial charge on any atom is 0.389 e. The van der Waals surface area contributed by atoms with Gasteiger partial charge in [-0.05, 0) is 19.3 Å². The number of halogens is 3. The molecule has 1 saturated carbocycles. The van der Waals surface area contributed by atoms with E-state index in [0.29, 0.717) is 23.9 Å². The zero-order chi connectivity index (χ0) is 22.4. The first kappa shape index (κ1) is 21.8. The van der Waals surface area contributed by atoms with E-state index < -0.39 is 35.9 Å². The van der Waals surface area contributed by atoms with E-state index in [9.17, 15) is 27.9 Å². The molecule has 2 aromatic rings. The van der Waals surface area contributed by atoms with Crippen molar-refractivity contribution in [1.29, 1.82) is 0 Å². The number of hydrogen-bond acceptors (Lipinski definition) is 5. The Morgan fingerprint density at radius 1 is 1.26 bits per heavy atom. The summed E-state index contributed by atoms with van der Waals surface area (Å²) in [6.07, 6.45) is -0.0349. The molecule has 8 nitrogen and oxygen atoms in total. The Balaban J connectivity index is 1.57. The summed E-state index contributed by atoms with van der Waals surface area (Å²) in [5.74, 6) is -0.540. The predicted molar refractivity (Wildman–Crippen MR) is 105 cm³/mol. The fourth-order valence-corrected chi connectivity index (χ4v) is 5.18. The van der Waals surface area contributed by atoms with Crippen LogP contribution in [0.5, 0.6) is 0 Å². The summed E-state index contributed by atoms with van der Waals surface area (Å²) in [7, 11) is 1.69. The van der Waals surface area contributed by atoms with Gasteiger partial charge in [0.05, 0.1) is 24.8 Å². The maximum atomic E-state index is 12.9. The van der Waals surface area contributed by atoms with E-state index in [1.165, 1.54) is 26.7 Å². The Labute approximate surface area is 176 Å². The van der Waals surface area contributed by atoms with Crippen LogP contribution in [-0.4, -0.2) is 60.1 Å². The summed E-state index contributed by atoms with van der Waals surface area (Å²) in [4.78, 5) is 31.1. The van der Waals surface area contributed by atoms with Crippen LogP contribution in [0.1, 0.15) is 44.9 Å². The average molecular weight is 441 g/mol. The van der Waals surface area contributed by atoms with Crippen molar-refractivity contribution < 1.29 is 23.1 Å². The second-order valence-corrected chi connectivity index (χ2v) is 8.88. The molecular formula is C20H26F3N5O3. The number of hydrogen-bond donors (Lipinski definition) is 1. The normalized spacial score (nSPS) is 23.7. The summed E-state index contributed by atoms with van der Waals surface area (Å²) in [6.45, 7) is 0.387. The van der Waals surface area contributed by atoms with E-state index in [1.54, 1.807) is 7.05 Å². The first-order chi connectivity index (χ1) is 14.5. The molecule has 0 bridgehead atoms. The van der Waals surface area contributed by atoms with E-state index >= 15 is 0 Å². The second kappa shape index (κ2) is 7.61. The maximum absolute atomic E-state index is 12.9. The fourth-order valence-electron chi connectivity index (χ4n) is 5.18. The molecular weight excluding hydrogens is 415 g/mol. The zero-order valence-corrected chi connectivity index (χ0v) is 17.4. The van der Waals surface area contributed by atoms with Gasteiger partial charge in [-0.2, -0.15) is 18.3 Å². The van der Waals surface area contributed by atoms with E-state index in [4.69, 9.17) is 0 Å². The highest BCUT2D eigenvalue weighted by atomic mass is 19.4. The number of aromatic nitrogens is 4. The third kappa shape index (κ3) is 3.95. The van der Waals surface area contributed by atoms with Crippen molar-refractivity contribution >= 4 is 16.9 Å². The van der Waals surface area contributed by atoms with Crippen LogP contribution < -0.4 is 5.56 Å². The number of amides is 1. The smallest absolute Gasteiger partial charge is 0.387 e. The first-order valence-corrected chi connectivity index (χ1v) is 10.5. The summed E-state index contributed by atoms with van der Waals surface area (Å²) in [6, 6.07) is 0. The minimum Gasteiger partial charge on any atom is -0.387 e. The minimum absolute atomic E-state index is 0.0221. The number of carbonyl (C=O) groups is 1. The Bertz CT molecular complexity index is 1040. The molecule has 0 radical (unpaired) electrons. The fraction of sp³-hybridized carbons (Fsp3) is 0.700. The molecule has 1 aliphatic carbocycles. The molecule has 1 amide bonds. The van der Waals surface area contributed by atoms with Crippen LogP contribution in [0.25, 0.3) is 11.0 Å². The summed E-state index contributed by atoms with van der Waals surface area (Å²) in [5.41, 5.74) is -1.76. The third-order valence-electron chi connectivity index (χ3n) is 6.96. The number of likely N-dealkylation sites (tertiary alicyclic amines) is 1. The highest BCUT2D eigenvalue weighted by molar-refractivity contribution is 5.76. The van der Waals surface area contributed by atoms with Gasteiger partial charge in [-0.1, -0.05) is 12.8 Å². The van der Waals surface area contributed by atoms with Gasteiger partial charge in [-0.3, -0.25) is 18.8 Å². The van der Waals surface area contributed by atoms with Gasteiger partial charge in [-0.25, -0.2) is 4.98 Å². The zero-order valence-electron chi connectivity index (χ0n) is 17.4. The Kier molecular flexibility index (Phi) is 5.35. The van der Waals surface area contributed by atoms with E-state index in [1.807, 2.05) is 0 Å². The van der Waals surface area contributed by atoms with Crippen molar-refractivity contribution in [1.82, 2.24) is 24.2 Å². The van der Waals surface area contributed by atoms with Crippen LogP contribution in [0.4, 0.5) is 13.2 Å². The number of carbonyl (C=O) groups excluding carboxylic acids is 1. The molecule has 31 heavy (non-hydrogen) atoms. The number of rotatable bonds is 4. The third-order valence-corrected chi connectivity index (χ3v) is 6.96. The highest BCUT2D eigenvalue weighted by Gasteiger charge is 2.55. The molecule has 0 aromatic carbocycles. The molecule has 1 atom stereocenters. The summed E-state index contributed by atoms with van der Waals surface area (Å²) in [5, 5.41) is 16.1. The molecule has 4 rings (SSSR count). The molecule has 2 aromatic heterocycles. The van der Waals surface area contributed by atoms with E-state index in [0.717, 1.165) is 12.8 Å². The minimum atomic E-state index is -4.38. The van der Waals surface area contributed by atoms with E-state index in [-0.39, 0.29) is 31.6 Å². The topological polar surface area (TPSA) is 93.2 Å². The van der Waals surface area contributed by atoms with E-state index in [2.05, 4.69) is 10.1 Å². The predicted octanol–water partition coefficient (Wildman–Crippen LogP) is 2.00. The lowest BCUT2D eigenvalue weighted by atomic mass is 9.65. The Morgan fingerprint density at radius 3 is 2.65 bits per heavy atom. The number of nitrogens with zero attached hydrogens (tertiary/aromatic N) is 5. The van der Waals surface area contributed by atoms with Gasteiger partial charge < -0.3 is 10.0 Å². The lowest BCUT2D eigenvalue weighted by molar-refractivity contribution is -0.166. The molecule has 3 heterocycles. The standard InChI is InChI=1S/C20H26F3N5O3/c1-26-16-14(10-25-26)17(30)28(13-24-16)12-19(31)8-9-27(11-18(19)5-2-3-6-18)15(29)4-7-20(21,22)23/h10,13,31H,2-9,11-12H2,1H3. The molecule has 1 spiro atoms. The Morgan fingerprint density at radius 2 is 1.97 bits per heavy atom. The van der Waals surface area contributed by atoms with Gasteiger partial charge >= 0.3 is 6.18 Å². The number of aryl methyl sites for hydroxylation is 1. The largest absolute Gasteiger partial charge is 0.389 e. The number of fused-ring (bicyclic) bond motifs is 1. The van der Waals surface area contributed by atoms with Crippen LogP contribution in [0.2, 0.25) is 0 Å². The summed E-state index contributed by atoms with van der Waals surface area (Å²) < 4.78 is 40.5. The van der Waals surface area contributed by atoms with Gasteiger partial charge in [0, 0.05) is 32.0 Å². The lowest BCUT2D eigenvalue weighted by Gasteiger charge is -2.52. The number of aliphatic hydroxyl groups is 1. The first-order valence-electron chi connectivity index (χ1n) is 10.5. The van der Waals surface area contributed by atoms with Crippen molar-refractivity contribution in [2.75, 3.05) is 13.1 Å². The van der Waals surface area contributed by atoms with Crippen LogP contribution >= 0.6 is 0 Å². The molecule has 1 saturated heterocycles. The summed E-state index contributed by atoms with van der Waals surface area (Å²) >= 11 is 0. The monoisotopic (exact) mass is 441 g/mol. The quantitative estimate of drug-likeness (QED) is 0.784. The van der Waals surface area contributed by atoms with Crippen molar-refractivity contribution in [3.05, 3.63) is 22.9 Å². The number of piperidine rings is 1. The van der Waals surface area contributed by atoms with Gasteiger partial charge in [-0.15, -0.1) is 0 Å². The molecule has 170 valence electrons. The van der Waals surface area contributed by atoms with Crippen LogP contribution in [-0.2, 0) is 18.4 Å². The average Bonchev–Trinajstić information content (AvgIpc) is 3.32. The molecule has 1 unspecified atom stereocenters. The molecule has 11 heteroatoms. The van der Waals surface area contributed by atoms with Crippen molar-refractivity contribution in [3.8, 4) is 0 Å². The van der Waals surface area contributed by atoms with Crippen molar-refractivity contribution in [2.24, 2.45) is 12.5 Å². The number of alkyl halides is 3. The van der Waals surface area contributed by atoms with Crippen molar-refractivity contribution in [3.63, 3.8) is 0 Å². The second-order valence-electron chi connectivity index (χ2n) is 8.88. The molecule has 2 aliphatic rings. The van der Waals surface area contributed by atoms with Crippen LogP contribution in [0, 0.1) is 5.41 Å². The van der Waals surface area contributed by atoms with Crippen LogP contribution in [0.3, 0.4) is 0 Å². The van der Waals surface area contributed by atoms with Crippen molar-refractivity contribution in [2.45, 2.75) is 63.3 Å². The van der Waals surface area contributed by atoms with Crippen LogP contribution in [0.15, 0.2) is 17.3 Å². The molecule has 1 aliphatic heterocycles. The Hall–Kier alpha value is -2.43. The highest BCUT2D eigenvalue weighted by Crippen LogP contribution is 2.51. The SMILES string of the molecule is Cn1ncc2c(=O)n(CC3(O)CCN(C(=O)CCC(F)(F)F)CC34CCCC4)cnc21.